The van der Waals surface area contributed by atoms with Crippen molar-refractivity contribution in [1.29, 1.82) is 0 Å². The maximum Gasteiger partial charge on any atom is 0.511 e. The quantitative estimate of drug-likeness (QED) is 0.824. The van der Waals surface area contributed by atoms with E-state index < -0.39 is 13.7 Å². The Morgan fingerprint density at radius 1 is 0.947 bits per heavy atom. The van der Waals surface area contributed by atoms with Crippen molar-refractivity contribution in [3.05, 3.63) is 71.8 Å². The van der Waals surface area contributed by atoms with E-state index in [-0.39, 0.29) is 12.5 Å². The highest BCUT2D eigenvalue weighted by atomic mass is 31.1. The van der Waals surface area contributed by atoms with Crippen LogP contribution in [0.4, 0.5) is 0 Å². The zero-order valence-electron chi connectivity index (χ0n) is 10.5. The predicted molar refractivity (Wildman–Crippen MR) is 77.4 cm³/mol. The highest BCUT2D eigenvalue weighted by Crippen LogP contribution is 2.39. The van der Waals surface area contributed by atoms with Gasteiger partial charge in [-0.05, 0) is 15.7 Å². The molecular weight excluding hydrogens is 257 g/mol. The lowest BCUT2D eigenvalue weighted by Gasteiger charge is -2.18. The maximum absolute atomic E-state index is 11.6. The highest BCUT2D eigenvalue weighted by molar-refractivity contribution is 7.39. The van der Waals surface area contributed by atoms with E-state index in [9.17, 15) is 9.46 Å². The van der Waals surface area contributed by atoms with Crippen molar-refractivity contribution >= 4 is 8.03 Å². The molecule has 3 nitrogen and oxygen atoms in total. The second kappa shape index (κ2) is 6.58. The van der Waals surface area contributed by atoms with Crippen LogP contribution in [0.1, 0.15) is 17.0 Å². The molecule has 0 fully saturated rings. The summed E-state index contributed by atoms with van der Waals surface area (Å²) in [5, 5.41) is 0. The van der Waals surface area contributed by atoms with Crippen molar-refractivity contribution in [2.24, 2.45) is 5.73 Å². The van der Waals surface area contributed by atoms with Gasteiger partial charge in [0.2, 0.25) is 5.66 Å². The first-order chi connectivity index (χ1) is 9.24. The van der Waals surface area contributed by atoms with E-state index in [1.807, 2.05) is 60.7 Å². The van der Waals surface area contributed by atoms with Crippen molar-refractivity contribution in [1.82, 2.24) is 0 Å². The summed E-state index contributed by atoms with van der Waals surface area (Å²) in [7, 11) is -2.33. The lowest BCUT2D eigenvalue weighted by molar-refractivity contribution is 0.481. The Labute approximate surface area is 114 Å². The fourth-order valence-electron chi connectivity index (χ4n) is 2.31. The average Bonchev–Trinajstić information content (AvgIpc) is 2.46. The van der Waals surface area contributed by atoms with Crippen LogP contribution < -0.4 is 5.73 Å². The van der Waals surface area contributed by atoms with Crippen LogP contribution in [-0.4, -0.2) is 17.1 Å². The summed E-state index contributed by atoms with van der Waals surface area (Å²) < 4.78 is 11.6. The Morgan fingerprint density at radius 3 is 1.68 bits per heavy atom. The molecule has 19 heavy (non-hydrogen) atoms. The van der Waals surface area contributed by atoms with Gasteiger partial charge in [-0.1, -0.05) is 60.7 Å². The van der Waals surface area contributed by atoms with Gasteiger partial charge in [0.1, 0.15) is 0 Å². The molecule has 0 aliphatic carbocycles. The SMILES string of the molecule is NCC(C(c1ccccc1)c1ccccc1)[P+](=O)O. The summed E-state index contributed by atoms with van der Waals surface area (Å²) in [5.74, 6) is -0.152. The Balaban J connectivity index is 2.48. The molecule has 2 unspecified atom stereocenters. The summed E-state index contributed by atoms with van der Waals surface area (Å²) in [4.78, 5) is 9.53. The van der Waals surface area contributed by atoms with Gasteiger partial charge in [0, 0.05) is 6.54 Å². The van der Waals surface area contributed by atoms with Gasteiger partial charge < -0.3 is 5.73 Å². The van der Waals surface area contributed by atoms with Crippen LogP contribution in [0.15, 0.2) is 60.7 Å². The molecule has 0 aliphatic rings. The number of nitrogens with two attached hydrogens (primary N) is 1. The number of benzene rings is 2. The van der Waals surface area contributed by atoms with Gasteiger partial charge in [-0.15, -0.1) is 0 Å². The molecule has 0 saturated heterocycles. The minimum absolute atomic E-state index is 0.152. The minimum Gasteiger partial charge on any atom is -0.326 e. The second-order valence-corrected chi connectivity index (χ2v) is 5.67. The summed E-state index contributed by atoms with van der Waals surface area (Å²) in [6.07, 6.45) is 0. The van der Waals surface area contributed by atoms with Crippen LogP contribution in [0.25, 0.3) is 0 Å². The molecule has 0 radical (unpaired) electrons. The molecule has 0 spiro atoms. The van der Waals surface area contributed by atoms with Crippen LogP contribution in [0, 0.1) is 0 Å². The van der Waals surface area contributed by atoms with E-state index in [4.69, 9.17) is 5.73 Å². The molecule has 2 atom stereocenters. The van der Waals surface area contributed by atoms with Crippen molar-refractivity contribution in [2.75, 3.05) is 6.54 Å². The Bertz CT molecular complexity index is 491. The molecule has 98 valence electrons. The summed E-state index contributed by atoms with van der Waals surface area (Å²) in [5.41, 5.74) is 7.26. The van der Waals surface area contributed by atoms with Crippen LogP contribution in [0.3, 0.4) is 0 Å². The average molecular weight is 274 g/mol. The maximum atomic E-state index is 11.6. The van der Waals surface area contributed by atoms with Crippen molar-refractivity contribution in [2.45, 2.75) is 11.6 Å². The molecular formula is C15H17NO2P+. The molecule has 3 N–H and O–H groups in total. The number of hydrogen-bond acceptors (Lipinski definition) is 2. The van der Waals surface area contributed by atoms with E-state index in [2.05, 4.69) is 0 Å². The largest absolute Gasteiger partial charge is 0.511 e. The monoisotopic (exact) mass is 274 g/mol. The molecule has 0 aromatic heterocycles. The zero-order chi connectivity index (χ0) is 13.7. The first-order valence-electron chi connectivity index (χ1n) is 6.19. The summed E-state index contributed by atoms with van der Waals surface area (Å²) in [6, 6.07) is 19.5. The standard InChI is InChI=1S/C15H16NO2P/c16-11-14(19(17)18)15(12-7-3-1-4-8-12)13-9-5-2-6-10-13/h1-10,14-15H,11,16H2/p+1. The minimum atomic E-state index is -2.33. The summed E-state index contributed by atoms with van der Waals surface area (Å²) >= 11 is 0. The first-order valence-corrected chi connectivity index (χ1v) is 7.47. The van der Waals surface area contributed by atoms with E-state index in [0.717, 1.165) is 11.1 Å². The Morgan fingerprint density at radius 2 is 1.37 bits per heavy atom. The van der Waals surface area contributed by atoms with E-state index >= 15 is 0 Å². The van der Waals surface area contributed by atoms with E-state index in [1.165, 1.54) is 0 Å². The Hall–Kier alpha value is -1.54. The third-order valence-electron chi connectivity index (χ3n) is 3.23. The molecule has 0 aliphatic heterocycles. The van der Waals surface area contributed by atoms with Gasteiger partial charge in [-0.2, -0.15) is 4.89 Å². The zero-order valence-corrected chi connectivity index (χ0v) is 11.4. The van der Waals surface area contributed by atoms with Crippen molar-refractivity contribution in [3.8, 4) is 0 Å². The van der Waals surface area contributed by atoms with Gasteiger partial charge in [-0.3, -0.25) is 0 Å². The molecule has 2 rings (SSSR count). The normalized spacial score (nSPS) is 13.3. The van der Waals surface area contributed by atoms with Crippen LogP contribution in [0.5, 0.6) is 0 Å². The molecule has 2 aromatic carbocycles. The Kier molecular flexibility index (Phi) is 4.80. The van der Waals surface area contributed by atoms with Gasteiger partial charge in [0.25, 0.3) is 0 Å². The smallest absolute Gasteiger partial charge is 0.326 e. The lowest BCUT2D eigenvalue weighted by atomic mass is 9.88. The fraction of sp³-hybridized carbons (Fsp3) is 0.200. The van der Waals surface area contributed by atoms with Gasteiger partial charge in [-0.25, -0.2) is 0 Å². The fourth-order valence-corrected chi connectivity index (χ4v) is 3.09. The number of rotatable bonds is 5. The molecule has 2 aromatic rings. The topological polar surface area (TPSA) is 63.3 Å². The second-order valence-electron chi connectivity index (χ2n) is 4.40. The summed E-state index contributed by atoms with van der Waals surface area (Å²) in [6.45, 7) is 0.181. The molecule has 0 saturated carbocycles. The third kappa shape index (κ3) is 3.27. The van der Waals surface area contributed by atoms with Crippen molar-refractivity contribution < 1.29 is 9.46 Å². The van der Waals surface area contributed by atoms with Crippen molar-refractivity contribution in [3.63, 3.8) is 0 Å². The molecule has 4 heteroatoms. The van der Waals surface area contributed by atoms with Crippen LogP contribution in [0.2, 0.25) is 0 Å². The highest BCUT2D eigenvalue weighted by Gasteiger charge is 2.38. The molecule has 0 amide bonds. The predicted octanol–water partition coefficient (Wildman–Crippen LogP) is 2.88. The van der Waals surface area contributed by atoms with Gasteiger partial charge in [0.05, 0.1) is 5.92 Å². The third-order valence-corrected chi connectivity index (χ3v) is 4.30. The van der Waals surface area contributed by atoms with E-state index in [1.54, 1.807) is 0 Å². The number of hydrogen-bond donors (Lipinski definition) is 2. The van der Waals surface area contributed by atoms with Crippen LogP contribution >= 0.6 is 8.03 Å². The van der Waals surface area contributed by atoms with Gasteiger partial charge in [0.15, 0.2) is 0 Å². The molecule has 0 heterocycles. The van der Waals surface area contributed by atoms with Crippen LogP contribution in [-0.2, 0) is 4.57 Å². The van der Waals surface area contributed by atoms with E-state index in [0.29, 0.717) is 0 Å². The molecule has 0 bridgehead atoms. The first kappa shape index (κ1) is 13.9. The lowest BCUT2D eigenvalue weighted by Crippen LogP contribution is -2.25. The van der Waals surface area contributed by atoms with Gasteiger partial charge >= 0.3 is 8.03 Å².